The summed E-state index contributed by atoms with van der Waals surface area (Å²) >= 11 is 0. The number of hydrogen-bond acceptors (Lipinski definition) is 9. The van der Waals surface area contributed by atoms with E-state index in [9.17, 15) is 24.9 Å². The van der Waals surface area contributed by atoms with E-state index in [1.54, 1.807) is 6.92 Å². The molecular weight excluding hydrogens is 496 g/mol. The molecule has 0 aliphatic heterocycles. The molecule has 0 rings (SSSR count). The van der Waals surface area contributed by atoms with Crippen molar-refractivity contribution in [2.45, 2.75) is 155 Å². The third kappa shape index (κ3) is 14.2. The van der Waals surface area contributed by atoms with Gasteiger partial charge in [0.15, 0.2) is 18.7 Å². The minimum Gasteiger partial charge on any atom is -0.479 e. The quantitative estimate of drug-likeness (QED) is 0.0814. The Morgan fingerprint density at radius 2 is 1.18 bits per heavy atom. The van der Waals surface area contributed by atoms with Crippen molar-refractivity contribution in [2.24, 2.45) is 0 Å². The molecule has 0 aliphatic rings. The van der Waals surface area contributed by atoms with Crippen LogP contribution in [0.1, 0.15) is 119 Å². The van der Waals surface area contributed by atoms with Crippen molar-refractivity contribution in [3.63, 3.8) is 0 Å². The molecule has 0 aliphatic carbocycles. The third-order valence-corrected chi connectivity index (χ3v) is 6.36. The number of aliphatic hydroxyl groups excluding tert-OH is 1. The largest absolute Gasteiger partial charge is 0.479 e. The summed E-state index contributed by atoms with van der Waals surface area (Å²) in [7, 11) is 0. The molecule has 0 aromatic carbocycles. The van der Waals surface area contributed by atoms with Crippen molar-refractivity contribution >= 4 is 11.9 Å². The van der Waals surface area contributed by atoms with Gasteiger partial charge >= 0.3 is 11.9 Å². The lowest BCUT2D eigenvalue weighted by molar-refractivity contribution is -0.265. The van der Waals surface area contributed by atoms with Gasteiger partial charge in [0, 0.05) is 13.2 Å². The molecule has 0 amide bonds. The van der Waals surface area contributed by atoms with Crippen LogP contribution in [0.15, 0.2) is 0 Å². The summed E-state index contributed by atoms with van der Waals surface area (Å²) in [4.78, 5) is 24.7. The van der Waals surface area contributed by atoms with Crippen LogP contribution < -0.4 is 0 Å². The molecule has 10 heteroatoms. The van der Waals surface area contributed by atoms with Crippen molar-refractivity contribution in [3.8, 4) is 0 Å². The summed E-state index contributed by atoms with van der Waals surface area (Å²) < 4.78 is 28.0. The van der Waals surface area contributed by atoms with Crippen LogP contribution in [-0.2, 0) is 33.3 Å². The smallest absolute Gasteiger partial charge is 0.346 e. The van der Waals surface area contributed by atoms with E-state index in [0.717, 1.165) is 64.2 Å². The van der Waals surface area contributed by atoms with E-state index in [4.69, 9.17) is 23.7 Å². The third-order valence-electron chi connectivity index (χ3n) is 6.36. The van der Waals surface area contributed by atoms with Gasteiger partial charge < -0.3 is 39.0 Å². The molecule has 6 atom stereocenters. The topological polar surface area (TPSA) is 141 Å². The van der Waals surface area contributed by atoms with E-state index in [2.05, 4.69) is 13.8 Å². The van der Waals surface area contributed by atoms with Crippen LogP contribution in [0, 0.1) is 0 Å². The zero-order chi connectivity index (χ0) is 29.0. The average Bonchev–Trinajstić information content (AvgIpc) is 2.87. The van der Waals surface area contributed by atoms with Gasteiger partial charge in [-0.2, -0.15) is 0 Å². The highest BCUT2D eigenvalue weighted by Gasteiger charge is 2.55. The van der Waals surface area contributed by atoms with Crippen molar-refractivity contribution < 1.29 is 48.6 Å². The number of ether oxygens (including phenoxy) is 5. The Labute approximate surface area is 229 Å². The molecule has 3 N–H and O–H groups in total. The second-order valence-electron chi connectivity index (χ2n) is 9.63. The van der Waals surface area contributed by atoms with Gasteiger partial charge in [0.25, 0.3) is 0 Å². The lowest BCUT2D eigenvalue weighted by atomic mass is 9.90. The molecule has 0 fully saturated rings. The Morgan fingerprint density at radius 3 is 1.61 bits per heavy atom. The van der Waals surface area contributed by atoms with Crippen molar-refractivity contribution in [1.82, 2.24) is 0 Å². The fraction of sp³-hybridized carbons (Fsp3) is 0.929. The van der Waals surface area contributed by atoms with Gasteiger partial charge in [0.05, 0.1) is 0 Å². The Kier molecular flexibility index (Phi) is 20.8. The number of carbonyl (C=O) groups excluding carboxylic acids is 1. The van der Waals surface area contributed by atoms with Crippen LogP contribution in [0.2, 0.25) is 0 Å². The standard InChI is InChI=1S/C28H54O10/c1-7-11-13-15-17-19-23(34-9-3)36-21(5)28(33,25(29)26(30)31)27(32)38-22(6)37-24(35-10-4)20-18-16-14-12-8-2/h21-25,29,33H,7-20H2,1-6H3,(H,30,31). The summed E-state index contributed by atoms with van der Waals surface area (Å²) in [5.74, 6) is -3.16. The lowest BCUT2D eigenvalue weighted by Crippen LogP contribution is -2.62. The van der Waals surface area contributed by atoms with E-state index in [1.807, 2.05) is 6.92 Å². The highest BCUT2D eigenvalue weighted by atomic mass is 16.8. The lowest BCUT2D eigenvalue weighted by Gasteiger charge is -2.36. The van der Waals surface area contributed by atoms with E-state index >= 15 is 0 Å². The molecule has 38 heavy (non-hydrogen) atoms. The molecule has 0 saturated heterocycles. The summed E-state index contributed by atoms with van der Waals surface area (Å²) in [5.41, 5.74) is -2.90. The van der Waals surface area contributed by atoms with Crippen molar-refractivity contribution in [3.05, 3.63) is 0 Å². The highest BCUT2D eigenvalue weighted by Crippen LogP contribution is 2.26. The predicted molar refractivity (Wildman–Crippen MR) is 143 cm³/mol. The Hall–Kier alpha value is -1.30. The maximum absolute atomic E-state index is 13.1. The molecule has 10 nitrogen and oxygen atoms in total. The summed E-state index contributed by atoms with van der Waals surface area (Å²) in [6, 6.07) is 0. The molecule has 0 saturated carbocycles. The summed E-state index contributed by atoms with van der Waals surface area (Å²) in [6.07, 6.45) is 4.89. The molecular formula is C28H54O10. The second-order valence-corrected chi connectivity index (χ2v) is 9.63. The zero-order valence-corrected chi connectivity index (χ0v) is 24.5. The summed E-state index contributed by atoms with van der Waals surface area (Å²) in [6.45, 7) is 11.3. The van der Waals surface area contributed by atoms with Crippen molar-refractivity contribution in [1.29, 1.82) is 0 Å². The number of esters is 1. The SMILES string of the molecule is CCCCCCCC(OCC)OC(C)OC(=O)C(O)(C(C)OC(CCCCCCC)OCC)C(O)C(=O)O. The molecule has 6 unspecified atom stereocenters. The second kappa shape index (κ2) is 21.5. The first-order valence-electron chi connectivity index (χ1n) is 14.5. The zero-order valence-electron chi connectivity index (χ0n) is 24.5. The van der Waals surface area contributed by atoms with Gasteiger partial charge in [-0.15, -0.1) is 0 Å². The van der Waals surface area contributed by atoms with Crippen molar-refractivity contribution in [2.75, 3.05) is 13.2 Å². The number of aliphatic carboxylic acids is 1. The molecule has 0 bridgehead atoms. The highest BCUT2D eigenvalue weighted by molar-refractivity contribution is 5.89. The molecule has 0 heterocycles. The molecule has 226 valence electrons. The number of hydrogen-bond donors (Lipinski definition) is 3. The first-order chi connectivity index (χ1) is 18.1. The molecule has 0 spiro atoms. The first kappa shape index (κ1) is 36.7. The number of rotatable bonds is 25. The fourth-order valence-electron chi connectivity index (χ4n) is 4.09. The van der Waals surface area contributed by atoms with Gasteiger partial charge in [-0.3, -0.25) is 0 Å². The van der Waals surface area contributed by atoms with E-state index in [-0.39, 0.29) is 0 Å². The van der Waals surface area contributed by atoms with Crippen LogP contribution >= 0.6 is 0 Å². The fourth-order valence-corrected chi connectivity index (χ4v) is 4.09. The minimum atomic E-state index is -2.90. The first-order valence-corrected chi connectivity index (χ1v) is 14.5. The van der Waals surface area contributed by atoms with E-state index < -0.39 is 48.6 Å². The van der Waals surface area contributed by atoms with Crippen LogP contribution in [0.4, 0.5) is 0 Å². The van der Waals surface area contributed by atoms with Gasteiger partial charge in [-0.25, -0.2) is 9.59 Å². The number of carbonyl (C=O) groups is 2. The van der Waals surface area contributed by atoms with Crippen LogP contribution in [0.5, 0.6) is 0 Å². The molecule has 0 radical (unpaired) electrons. The predicted octanol–water partition coefficient (Wildman–Crippen LogP) is 4.92. The van der Waals surface area contributed by atoms with Crippen LogP contribution in [0.3, 0.4) is 0 Å². The van der Waals surface area contributed by atoms with E-state index in [0.29, 0.717) is 26.1 Å². The number of carboxylic acid groups (broad SMARTS) is 1. The summed E-state index contributed by atoms with van der Waals surface area (Å²) in [5, 5.41) is 30.9. The number of unbranched alkanes of at least 4 members (excludes halogenated alkanes) is 8. The van der Waals surface area contributed by atoms with Crippen LogP contribution in [0.25, 0.3) is 0 Å². The normalized spacial score (nSPS) is 17.3. The maximum Gasteiger partial charge on any atom is 0.346 e. The molecule has 0 aromatic heterocycles. The monoisotopic (exact) mass is 550 g/mol. The Bertz CT molecular complexity index is 616. The van der Waals surface area contributed by atoms with Gasteiger partial charge in [0.2, 0.25) is 11.9 Å². The van der Waals surface area contributed by atoms with Gasteiger partial charge in [-0.05, 0) is 53.4 Å². The minimum absolute atomic E-state index is 0.318. The number of aliphatic hydroxyl groups is 2. The Morgan fingerprint density at radius 1 is 0.737 bits per heavy atom. The Balaban J connectivity index is 5.33. The molecule has 0 aromatic rings. The van der Waals surface area contributed by atoms with Gasteiger partial charge in [-0.1, -0.05) is 65.2 Å². The van der Waals surface area contributed by atoms with Crippen LogP contribution in [-0.4, -0.2) is 77.2 Å². The van der Waals surface area contributed by atoms with Gasteiger partial charge in [0.1, 0.15) is 6.10 Å². The van der Waals surface area contributed by atoms with E-state index in [1.165, 1.54) is 13.8 Å². The maximum atomic E-state index is 13.1. The average molecular weight is 551 g/mol. The number of carboxylic acids is 1.